The maximum atomic E-state index is 12.3. The Labute approximate surface area is 236 Å². The molecule has 210 valence electrons. The molecular formula is C33H42O5S. The van der Waals surface area contributed by atoms with E-state index in [1.54, 1.807) is 12.1 Å². The summed E-state index contributed by atoms with van der Waals surface area (Å²) in [7, 11) is 0. The molecule has 0 bridgehead atoms. The highest BCUT2D eigenvalue weighted by molar-refractivity contribution is 8.00. The molecule has 2 aromatic carbocycles. The fourth-order valence-corrected chi connectivity index (χ4v) is 5.88. The van der Waals surface area contributed by atoms with E-state index in [1.165, 1.54) is 67.8 Å². The monoisotopic (exact) mass is 550 g/mol. The first-order valence-electron chi connectivity index (χ1n) is 14.4. The molecule has 3 aromatic rings. The molecule has 0 amide bonds. The van der Waals surface area contributed by atoms with Crippen LogP contribution in [0.15, 0.2) is 74.5 Å². The van der Waals surface area contributed by atoms with Crippen LogP contribution in [0, 0.1) is 0 Å². The lowest BCUT2D eigenvalue weighted by atomic mass is 9.96. The second-order valence-electron chi connectivity index (χ2n) is 10.1. The predicted octanol–water partition coefficient (Wildman–Crippen LogP) is 9.12. The Morgan fingerprint density at radius 3 is 2.28 bits per heavy atom. The van der Waals surface area contributed by atoms with Gasteiger partial charge in [0.25, 0.3) is 0 Å². The number of hydrogen-bond acceptors (Lipinski definition) is 5. The molecule has 0 saturated carbocycles. The summed E-state index contributed by atoms with van der Waals surface area (Å²) in [4.78, 5) is 24.5. The molecule has 0 spiro atoms. The third-order valence-electron chi connectivity index (χ3n) is 7.01. The van der Waals surface area contributed by atoms with Gasteiger partial charge in [0, 0.05) is 11.0 Å². The number of aryl methyl sites for hydroxylation is 2. The maximum absolute atomic E-state index is 12.3. The number of aromatic carboxylic acids is 1. The second-order valence-corrected chi connectivity index (χ2v) is 11.4. The number of aliphatic hydroxyl groups excluding tert-OH is 1. The van der Waals surface area contributed by atoms with Crippen LogP contribution in [-0.4, -0.2) is 21.4 Å². The molecule has 0 unspecified atom stereocenters. The molecule has 3 rings (SSSR count). The highest BCUT2D eigenvalue weighted by Crippen LogP contribution is 2.33. The number of hydrogen-bond donors (Lipinski definition) is 2. The zero-order valence-corrected chi connectivity index (χ0v) is 24.1. The molecule has 0 saturated heterocycles. The largest absolute Gasteiger partial charge is 0.511 e. The van der Waals surface area contributed by atoms with Crippen LogP contribution in [0.25, 0.3) is 11.0 Å². The quantitative estimate of drug-likeness (QED) is 0.0990. The number of benzene rings is 2. The van der Waals surface area contributed by atoms with E-state index < -0.39 is 5.97 Å². The van der Waals surface area contributed by atoms with E-state index in [1.807, 2.05) is 12.1 Å². The number of aliphatic hydroxyl groups is 1. The van der Waals surface area contributed by atoms with Crippen LogP contribution < -0.4 is 5.43 Å². The number of carboxylic acid groups (broad SMARTS) is 1. The van der Waals surface area contributed by atoms with Crippen molar-refractivity contribution in [3.05, 3.63) is 87.5 Å². The summed E-state index contributed by atoms with van der Waals surface area (Å²) in [6.45, 7) is 4.33. The summed E-state index contributed by atoms with van der Waals surface area (Å²) < 4.78 is 5.48. The molecule has 0 aliphatic rings. The van der Waals surface area contributed by atoms with E-state index in [9.17, 15) is 19.8 Å². The van der Waals surface area contributed by atoms with Crippen molar-refractivity contribution in [3.8, 4) is 0 Å². The van der Waals surface area contributed by atoms with Crippen molar-refractivity contribution in [2.45, 2.75) is 101 Å². The summed E-state index contributed by atoms with van der Waals surface area (Å²) in [5.41, 5.74) is 2.57. The Kier molecular flexibility index (Phi) is 12.7. The van der Waals surface area contributed by atoms with Crippen molar-refractivity contribution in [3.63, 3.8) is 0 Å². The smallest absolute Gasteiger partial charge is 0.371 e. The van der Waals surface area contributed by atoms with Gasteiger partial charge in [0.05, 0.1) is 10.6 Å². The van der Waals surface area contributed by atoms with Crippen LogP contribution in [-0.2, 0) is 12.8 Å². The zero-order chi connectivity index (χ0) is 28.0. The number of carboxylic acids is 1. The van der Waals surface area contributed by atoms with Crippen LogP contribution >= 0.6 is 11.8 Å². The Morgan fingerprint density at radius 2 is 1.59 bits per heavy atom. The molecule has 1 aromatic heterocycles. The molecule has 2 N–H and O–H groups in total. The Hall–Kier alpha value is -2.99. The fourth-order valence-electron chi connectivity index (χ4n) is 4.77. The van der Waals surface area contributed by atoms with Gasteiger partial charge in [-0.2, -0.15) is 0 Å². The lowest BCUT2D eigenvalue weighted by Gasteiger charge is -2.18. The third kappa shape index (κ3) is 9.61. The van der Waals surface area contributed by atoms with Gasteiger partial charge < -0.3 is 14.6 Å². The predicted molar refractivity (Wildman–Crippen MR) is 161 cm³/mol. The number of carbonyl (C=O) groups is 1. The standard InChI is InChI=1S/C33H42O5S/c1-3-5-7-8-9-10-11-14-24-15-12-13-16-25(24)18-21-32(28(34)17-6-4-2)39-26-19-20-27-29(35)23-31(33(36)37)38-30(27)22-26/h12-13,15-17,19-20,22-23,32,34H,3-11,14,18,21H2,1-2H3,(H,36,37)/t32-/m0/s1. The first kappa shape index (κ1) is 30.6. The lowest BCUT2D eigenvalue weighted by molar-refractivity contribution is 0.0663. The van der Waals surface area contributed by atoms with E-state index in [0.29, 0.717) is 11.1 Å². The van der Waals surface area contributed by atoms with E-state index in [2.05, 4.69) is 38.1 Å². The summed E-state index contributed by atoms with van der Waals surface area (Å²) >= 11 is 1.51. The molecule has 5 nitrogen and oxygen atoms in total. The van der Waals surface area contributed by atoms with E-state index in [-0.39, 0.29) is 22.0 Å². The number of allylic oxidation sites excluding steroid dienone is 1. The summed E-state index contributed by atoms with van der Waals surface area (Å²) in [5, 5.41) is 20.4. The van der Waals surface area contributed by atoms with E-state index >= 15 is 0 Å². The molecule has 1 atom stereocenters. The van der Waals surface area contributed by atoms with Crippen molar-refractivity contribution in [1.82, 2.24) is 0 Å². The maximum Gasteiger partial charge on any atom is 0.371 e. The summed E-state index contributed by atoms with van der Waals surface area (Å²) in [6, 6.07) is 14.8. The minimum Gasteiger partial charge on any atom is -0.511 e. The Balaban J connectivity index is 1.72. The van der Waals surface area contributed by atoms with Crippen molar-refractivity contribution in [1.29, 1.82) is 0 Å². The van der Waals surface area contributed by atoms with Crippen LogP contribution in [0.2, 0.25) is 0 Å². The van der Waals surface area contributed by atoms with Gasteiger partial charge in [-0.1, -0.05) is 83.1 Å². The number of thioether (sulfide) groups is 1. The molecule has 1 heterocycles. The molecular weight excluding hydrogens is 508 g/mol. The van der Waals surface area contributed by atoms with Gasteiger partial charge in [0.1, 0.15) is 11.3 Å². The van der Waals surface area contributed by atoms with Crippen molar-refractivity contribution in [2.75, 3.05) is 0 Å². The van der Waals surface area contributed by atoms with Gasteiger partial charge in [-0.3, -0.25) is 4.79 Å². The van der Waals surface area contributed by atoms with Crippen molar-refractivity contribution < 1.29 is 19.4 Å². The molecule has 0 radical (unpaired) electrons. The highest BCUT2D eigenvalue weighted by Gasteiger charge is 2.18. The van der Waals surface area contributed by atoms with Gasteiger partial charge in [0.15, 0.2) is 5.43 Å². The minimum absolute atomic E-state index is 0.171. The highest BCUT2D eigenvalue weighted by atomic mass is 32.2. The average molecular weight is 551 g/mol. The third-order valence-corrected chi connectivity index (χ3v) is 8.29. The van der Waals surface area contributed by atoms with Gasteiger partial charge >= 0.3 is 5.97 Å². The lowest BCUT2D eigenvalue weighted by Crippen LogP contribution is -2.10. The number of fused-ring (bicyclic) bond motifs is 1. The molecule has 0 fully saturated rings. The van der Waals surface area contributed by atoms with Gasteiger partial charge in [-0.15, -0.1) is 11.8 Å². The minimum atomic E-state index is -1.28. The summed E-state index contributed by atoms with van der Waals surface area (Å²) in [6.07, 6.45) is 15.4. The van der Waals surface area contributed by atoms with Gasteiger partial charge in [0.2, 0.25) is 5.76 Å². The Morgan fingerprint density at radius 1 is 0.897 bits per heavy atom. The molecule has 39 heavy (non-hydrogen) atoms. The van der Waals surface area contributed by atoms with Crippen LogP contribution in [0.4, 0.5) is 0 Å². The van der Waals surface area contributed by atoms with Gasteiger partial charge in [-0.05, 0) is 67.5 Å². The van der Waals surface area contributed by atoms with E-state index in [4.69, 9.17) is 4.42 Å². The molecule has 0 aliphatic heterocycles. The van der Waals surface area contributed by atoms with Crippen LogP contribution in [0.3, 0.4) is 0 Å². The molecule has 6 heteroatoms. The van der Waals surface area contributed by atoms with Crippen LogP contribution in [0.1, 0.15) is 99.7 Å². The average Bonchev–Trinajstić information content (AvgIpc) is 2.93. The number of unbranched alkanes of at least 4 members (excludes halogenated alkanes) is 7. The summed E-state index contributed by atoms with van der Waals surface area (Å²) in [5.74, 6) is -1.30. The van der Waals surface area contributed by atoms with Crippen LogP contribution in [0.5, 0.6) is 0 Å². The normalized spacial score (nSPS) is 12.6. The van der Waals surface area contributed by atoms with E-state index in [0.717, 1.165) is 43.1 Å². The first-order valence-corrected chi connectivity index (χ1v) is 15.2. The Bertz CT molecular complexity index is 1290. The zero-order valence-electron chi connectivity index (χ0n) is 23.3. The topological polar surface area (TPSA) is 87.7 Å². The van der Waals surface area contributed by atoms with Crippen molar-refractivity contribution in [2.24, 2.45) is 0 Å². The first-order chi connectivity index (χ1) is 18.9. The van der Waals surface area contributed by atoms with Gasteiger partial charge in [-0.25, -0.2) is 4.79 Å². The second kappa shape index (κ2) is 16.2. The molecule has 0 aliphatic carbocycles. The number of rotatable bonds is 17. The van der Waals surface area contributed by atoms with Crippen molar-refractivity contribution >= 4 is 28.7 Å². The fraction of sp³-hybridized carbons (Fsp3) is 0.455. The SMILES string of the molecule is CCCC=C(O)[C@H](CCc1ccccc1CCCCCCCCC)Sc1ccc2c(=O)cc(C(=O)O)oc2c1.